The third kappa shape index (κ3) is 4.79. The average molecular weight is 444 g/mol. The molecule has 0 aliphatic heterocycles. The van der Waals surface area contributed by atoms with Crippen LogP contribution in [0.3, 0.4) is 0 Å². The molecular formula is C18H20BrF2N3OS. The summed E-state index contributed by atoms with van der Waals surface area (Å²) < 4.78 is 27.2. The highest BCUT2D eigenvalue weighted by molar-refractivity contribution is 9.11. The molecule has 1 aliphatic rings. The van der Waals surface area contributed by atoms with Gasteiger partial charge in [0.05, 0.1) is 0 Å². The molecule has 26 heavy (non-hydrogen) atoms. The van der Waals surface area contributed by atoms with Gasteiger partial charge in [0, 0.05) is 17.8 Å². The fraction of sp³-hybridized carbons (Fsp3) is 0.444. The monoisotopic (exact) mass is 443 g/mol. The number of benzene rings is 1. The van der Waals surface area contributed by atoms with E-state index in [2.05, 4.69) is 31.5 Å². The molecule has 140 valence electrons. The Morgan fingerprint density at radius 3 is 2.54 bits per heavy atom. The summed E-state index contributed by atoms with van der Waals surface area (Å²) in [5, 5.41) is 6.25. The summed E-state index contributed by atoms with van der Waals surface area (Å²) >= 11 is 4.55. The highest BCUT2D eigenvalue weighted by Crippen LogP contribution is 2.32. The van der Waals surface area contributed by atoms with Crippen molar-refractivity contribution in [3.63, 3.8) is 0 Å². The van der Waals surface area contributed by atoms with Crippen LogP contribution in [0.25, 0.3) is 0 Å². The standard InChI is InChI=1S/C18H20BrF2N3OS/c1-10(11-5-3-2-4-6-11)22-17(25)15-16(19)26-18(24-15)23-14-8-12(20)7-13(21)9-14/h7-11H,2-6H2,1H3,(H,22,25)(H,23,24). The molecule has 1 amide bonds. The first-order valence-corrected chi connectivity index (χ1v) is 10.2. The lowest BCUT2D eigenvalue weighted by atomic mass is 9.84. The normalized spacial score (nSPS) is 16.3. The van der Waals surface area contributed by atoms with Gasteiger partial charge in [-0.1, -0.05) is 30.6 Å². The second kappa shape index (κ2) is 8.43. The number of hydrogen-bond donors (Lipinski definition) is 2. The number of hydrogen-bond acceptors (Lipinski definition) is 4. The van der Waals surface area contributed by atoms with Crippen LogP contribution in [0.4, 0.5) is 19.6 Å². The van der Waals surface area contributed by atoms with Crippen molar-refractivity contribution in [1.29, 1.82) is 0 Å². The zero-order valence-electron chi connectivity index (χ0n) is 14.3. The van der Waals surface area contributed by atoms with E-state index >= 15 is 0 Å². The van der Waals surface area contributed by atoms with Crippen molar-refractivity contribution in [2.75, 3.05) is 5.32 Å². The number of carbonyl (C=O) groups excluding carboxylic acids is 1. The van der Waals surface area contributed by atoms with E-state index in [4.69, 9.17) is 0 Å². The maximum atomic E-state index is 13.3. The zero-order valence-corrected chi connectivity index (χ0v) is 16.7. The Hall–Kier alpha value is -1.54. The van der Waals surface area contributed by atoms with Gasteiger partial charge in [-0.05, 0) is 53.7 Å². The van der Waals surface area contributed by atoms with E-state index in [0.717, 1.165) is 18.9 Å². The number of nitrogens with zero attached hydrogens (tertiary/aromatic N) is 1. The quantitative estimate of drug-likeness (QED) is 0.629. The van der Waals surface area contributed by atoms with Crippen molar-refractivity contribution in [3.05, 3.63) is 39.3 Å². The minimum atomic E-state index is -0.678. The Bertz CT molecular complexity index is 772. The van der Waals surface area contributed by atoms with Crippen molar-refractivity contribution in [2.24, 2.45) is 5.92 Å². The lowest BCUT2D eigenvalue weighted by Crippen LogP contribution is -2.39. The number of amides is 1. The largest absolute Gasteiger partial charge is 0.348 e. The smallest absolute Gasteiger partial charge is 0.272 e. The minimum absolute atomic E-state index is 0.0881. The first-order valence-electron chi connectivity index (χ1n) is 8.62. The van der Waals surface area contributed by atoms with Gasteiger partial charge in [0.15, 0.2) is 10.8 Å². The van der Waals surface area contributed by atoms with Crippen LogP contribution < -0.4 is 10.6 Å². The van der Waals surface area contributed by atoms with E-state index in [0.29, 0.717) is 14.8 Å². The van der Waals surface area contributed by atoms with Gasteiger partial charge in [-0.15, -0.1) is 0 Å². The second-order valence-corrected chi connectivity index (χ2v) is 8.90. The average Bonchev–Trinajstić information content (AvgIpc) is 2.95. The van der Waals surface area contributed by atoms with Gasteiger partial charge in [0.2, 0.25) is 0 Å². The van der Waals surface area contributed by atoms with Crippen molar-refractivity contribution in [2.45, 2.75) is 45.1 Å². The molecule has 3 rings (SSSR count). The first kappa shape index (κ1) is 19.2. The fourth-order valence-corrected chi connectivity index (χ4v) is 4.71. The topological polar surface area (TPSA) is 54.0 Å². The number of anilines is 2. The van der Waals surface area contributed by atoms with E-state index in [9.17, 15) is 13.6 Å². The molecule has 0 saturated heterocycles. The molecule has 1 fully saturated rings. The molecule has 1 saturated carbocycles. The summed E-state index contributed by atoms with van der Waals surface area (Å²) in [7, 11) is 0. The lowest BCUT2D eigenvalue weighted by Gasteiger charge is -2.28. The van der Waals surface area contributed by atoms with E-state index in [1.807, 2.05) is 6.92 Å². The fourth-order valence-electron chi connectivity index (χ4n) is 3.27. The Morgan fingerprint density at radius 1 is 1.23 bits per heavy atom. The van der Waals surface area contributed by atoms with Crippen LogP contribution in [0.2, 0.25) is 0 Å². The number of rotatable bonds is 5. The third-order valence-corrected chi connectivity index (χ3v) is 6.25. The molecular weight excluding hydrogens is 424 g/mol. The van der Waals surface area contributed by atoms with Gasteiger partial charge in [-0.2, -0.15) is 0 Å². The van der Waals surface area contributed by atoms with Gasteiger partial charge >= 0.3 is 0 Å². The van der Waals surface area contributed by atoms with Crippen molar-refractivity contribution in [1.82, 2.24) is 10.3 Å². The Balaban J connectivity index is 1.67. The van der Waals surface area contributed by atoms with E-state index in [1.54, 1.807) is 0 Å². The van der Waals surface area contributed by atoms with E-state index < -0.39 is 11.6 Å². The summed E-state index contributed by atoms with van der Waals surface area (Å²) in [5.74, 6) is -1.10. The van der Waals surface area contributed by atoms with Crippen LogP contribution in [-0.4, -0.2) is 16.9 Å². The van der Waals surface area contributed by atoms with Crippen LogP contribution in [-0.2, 0) is 0 Å². The van der Waals surface area contributed by atoms with Crippen LogP contribution in [0.15, 0.2) is 22.0 Å². The summed E-state index contributed by atoms with van der Waals surface area (Å²) in [6.07, 6.45) is 5.97. The van der Waals surface area contributed by atoms with Gasteiger partial charge < -0.3 is 10.6 Å². The predicted molar refractivity (Wildman–Crippen MR) is 103 cm³/mol. The molecule has 0 radical (unpaired) electrons. The van der Waals surface area contributed by atoms with Crippen LogP contribution in [0, 0.1) is 17.6 Å². The molecule has 8 heteroatoms. The minimum Gasteiger partial charge on any atom is -0.348 e. The predicted octanol–water partition coefficient (Wildman–Crippen LogP) is 5.63. The SMILES string of the molecule is CC(NC(=O)c1nc(Nc2cc(F)cc(F)c2)sc1Br)C1CCCCC1. The lowest BCUT2D eigenvalue weighted by molar-refractivity contribution is 0.0914. The molecule has 4 nitrogen and oxygen atoms in total. The van der Waals surface area contributed by atoms with Gasteiger partial charge in [-0.25, -0.2) is 13.8 Å². The van der Waals surface area contributed by atoms with E-state index in [-0.39, 0.29) is 23.3 Å². The van der Waals surface area contributed by atoms with Gasteiger partial charge in [-0.3, -0.25) is 4.79 Å². The number of nitrogens with one attached hydrogen (secondary N) is 2. The summed E-state index contributed by atoms with van der Waals surface area (Å²) in [6.45, 7) is 2.03. The molecule has 1 aromatic carbocycles. The number of thiazole rings is 1. The maximum absolute atomic E-state index is 13.3. The van der Waals surface area contributed by atoms with E-state index in [1.165, 1.54) is 42.7 Å². The molecule has 0 spiro atoms. The highest BCUT2D eigenvalue weighted by Gasteiger charge is 2.24. The van der Waals surface area contributed by atoms with Crippen LogP contribution in [0.1, 0.15) is 49.5 Å². The van der Waals surface area contributed by atoms with Crippen molar-refractivity contribution in [3.8, 4) is 0 Å². The van der Waals surface area contributed by atoms with Gasteiger partial charge in [0.1, 0.15) is 15.4 Å². The summed E-state index contributed by atoms with van der Waals surface area (Å²) in [5.41, 5.74) is 0.517. The molecule has 1 aromatic heterocycles. The van der Waals surface area contributed by atoms with Crippen molar-refractivity contribution < 1.29 is 13.6 Å². The molecule has 2 N–H and O–H groups in total. The molecule has 0 bridgehead atoms. The van der Waals surface area contributed by atoms with Gasteiger partial charge in [0.25, 0.3) is 5.91 Å². The third-order valence-electron chi connectivity index (χ3n) is 4.63. The molecule has 1 unspecified atom stereocenters. The molecule has 1 heterocycles. The summed E-state index contributed by atoms with van der Waals surface area (Å²) in [6, 6.07) is 3.23. The Morgan fingerprint density at radius 2 is 1.88 bits per heavy atom. The van der Waals surface area contributed by atoms with Crippen LogP contribution in [0.5, 0.6) is 0 Å². The maximum Gasteiger partial charge on any atom is 0.272 e. The molecule has 1 aliphatic carbocycles. The molecule has 1 atom stereocenters. The van der Waals surface area contributed by atoms with Crippen molar-refractivity contribution >= 4 is 44.0 Å². The first-order chi connectivity index (χ1) is 12.4. The molecule has 2 aromatic rings. The Kier molecular flexibility index (Phi) is 6.24. The zero-order chi connectivity index (χ0) is 18.7. The number of aromatic nitrogens is 1. The number of halogens is 3. The highest BCUT2D eigenvalue weighted by atomic mass is 79.9. The number of carbonyl (C=O) groups is 1. The Labute approximate surface area is 163 Å². The second-order valence-electron chi connectivity index (χ2n) is 6.58. The van der Waals surface area contributed by atoms with Crippen LogP contribution >= 0.6 is 27.3 Å². The summed E-state index contributed by atoms with van der Waals surface area (Å²) in [4.78, 5) is 16.8.